The van der Waals surface area contributed by atoms with Crippen molar-refractivity contribution in [2.24, 2.45) is 0 Å². The van der Waals surface area contributed by atoms with E-state index in [4.69, 9.17) is 4.52 Å². The van der Waals surface area contributed by atoms with Crippen LogP contribution in [0.3, 0.4) is 0 Å². The molecule has 2 atom stereocenters. The summed E-state index contributed by atoms with van der Waals surface area (Å²) in [5, 5.41) is 0. The van der Waals surface area contributed by atoms with Gasteiger partial charge in [0.15, 0.2) is 5.75 Å². The highest BCUT2D eigenvalue weighted by Gasteiger charge is 2.46. The van der Waals surface area contributed by atoms with Crippen LogP contribution >= 0.6 is 8.03 Å². The first-order valence-corrected chi connectivity index (χ1v) is 6.35. The molecule has 0 aromatic heterocycles. The average Bonchev–Trinajstić information content (AvgIpc) is 2.30. The van der Waals surface area contributed by atoms with E-state index >= 15 is 0 Å². The van der Waals surface area contributed by atoms with Crippen molar-refractivity contribution in [3.8, 4) is 5.75 Å². The molecule has 5 nitrogen and oxygen atoms in total. The number of carbonyl (C=O) groups is 2. The second-order valence-electron chi connectivity index (χ2n) is 3.54. The molecular formula is C11H10O5P+. The van der Waals surface area contributed by atoms with Crippen LogP contribution in [-0.2, 0) is 18.9 Å². The summed E-state index contributed by atoms with van der Waals surface area (Å²) in [4.78, 5) is 22.2. The van der Waals surface area contributed by atoms with Crippen molar-refractivity contribution in [1.82, 2.24) is 0 Å². The maximum absolute atomic E-state index is 11.8. The lowest BCUT2D eigenvalue weighted by molar-refractivity contribution is -0.162. The maximum Gasteiger partial charge on any atom is 0.571 e. The van der Waals surface area contributed by atoms with E-state index in [2.05, 4.69) is 4.74 Å². The molecule has 0 amide bonds. The first-order chi connectivity index (χ1) is 8.16. The van der Waals surface area contributed by atoms with Crippen LogP contribution in [-0.4, -0.2) is 17.6 Å². The van der Waals surface area contributed by atoms with Crippen molar-refractivity contribution < 1.29 is 23.4 Å². The molecule has 2 rings (SSSR count). The summed E-state index contributed by atoms with van der Waals surface area (Å²) in [6.45, 7) is 0. The van der Waals surface area contributed by atoms with Gasteiger partial charge in [0.25, 0.3) is 5.66 Å². The zero-order valence-electron chi connectivity index (χ0n) is 8.87. The molecule has 0 radical (unpaired) electrons. The van der Waals surface area contributed by atoms with Crippen LogP contribution < -0.4 is 4.52 Å². The summed E-state index contributed by atoms with van der Waals surface area (Å²) in [5.74, 6) is -0.911. The molecule has 0 aliphatic carbocycles. The van der Waals surface area contributed by atoms with Gasteiger partial charge in [0, 0.05) is 6.42 Å². The van der Waals surface area contributed by atoms with Gasteiger partial charge in [-0.05, 0) is 16.7 Å². The molecule has 1 saturated heterocycles. The predicted octanol–water partition coefficient (Wildman–Crippen LogP) is 2.04. The highest BCUT2D eigenvalue weighted by atomic mass is 31.1. The number of rotatable bonds is 3. The number of para-hydroxylation sites is 1. The Kier molecular flexibility index (Phi) is 3.49. The number of esters is 2. The standard InChI is InChI=1S/C11H10O5P/c12-10-7-6-9(11(13)15-10)17(14)16-8-4-2-1-3-5-8/h1-5,9H,6-7H2/q+1. The normalized spacial score (nSPS) is 20.7. The van der Waals surface area contributed by atoms with Gasteiger partial charge in [0.1, 0.15) is 0 Å². The van der Waals surface area contributed by atoms with Gasteiger partial charge in [0.05, 0.1) is 6.42 Å². The molecule has 0 saturated carbocycles. The van der Waals surface area contributed by atoms with E-state index in [1.807, 2.05) is 0 Å². The number of benzene rings is 1. The average molecular weight is 253 g/mol. The minimum Gasteiger partial charge on any atom is -0.390 e. The number of hydrogen-bond acceptors (Lipinski definition) is 5. The predicted molar refractivity (Wildman–Crippen MR) is 58.8 cm³/mol. The van der Waals surface area contributed by atoms with Gasteiger partial charge in [-0.15, -0.1) is 0 Å². The van der Waals surface area contributed by atoms with Gasteiger partial charge < -0.3 is 4.74 Å². The molecule has 1 heterocycles. The number of hydrogen-bond donors (Lipinski definition) is 0. The Morgan fingerprint density at radius 3 is 2.59 bits per heavy atom. The van der Waals surface area contributed by atoms with Crippen molar-refractivity contribution in [1.29, 1.82) is 0 Å². The van der Waals surface area contributed by atoms with E-state index in [-0.39, 0.29) is 12.8 Å². The van der Waals surface area contributed by atoms with E-state index < -0.39 is 25.6 Å². The summed E-state index contributed by atoms with van der Waals surface area (Å²) < 4.78 is 21.4. The van der Waals surface area contributed by atoms with Crippen LogP contribution in [0, 0.1) is 0 Å². The Bertz CT molecular complexity index is 456. The van der Waals surface area contributed by atoms with Crippen molar-refractivity contribution >= 4 is 20.0 Å². The summed E-state index contributed by atoms with van der Waals surface area (Å²) >= 11 is 0. The fourth-order valence-corrected chi connectivity index (χ4v) is 2.47. The Morgan fingerprint density at radius 1 is 1.24 bits per heavy atom. The molecule has 0 bridgehead atoms. The third-order valence-corrected chi connectivity index (χ3v) is 3.67. The van der Waals surface area contributed by atoms with E-state index in [9.17, 15) is 14.2 Å². The van der Waals surface area contributed by atoms with E-state index in [0.29, 0.717) is 5.75 Å². The largest absolute Gasteiger partial charge is 0.571 e. The van der Waals surface area contributed by atoms with E-state index in [1.54, 1.807) is 30.3 Å². The lowest BCUT2D eigenvalue weighted by Crippen LogP contribution is -2.30. The second-order valence-corrected chi connectivity index (χ2v) is 4.91. The highest BCUT2D eigenvalue weighted by molar-refractivity contribution is 7.41. The third kappa shape index (κ3) is 2.88. The van der Waals surface area contributed by atoms with Crippen molar-refractivity contribution in [2.75, 3.05) is 0 Å². The molecular weight excluding hydrogens is 243 g/mol. The lowest BCUT2D eigenvalue weighted by atomic mass is 10.2. The zero-order valence-corrected chi connectivity index (χ0v) is 9.76. The lowest BCUT2D eigenvalue weighted by Gasteiger charge is -2.10. The van der Waals surface area contributed by atoms with Gasteiger partial charge in [-0.2, -0.15) is 0 Å². The molecule has 88 valence electrons. The molecule has 17 heavy (non-hydrogen) atoms. The van der Waals surface area contributed by atoms with Gasteiger partial charge >= 0.3 is 20.0 Å². The minimum absolute atomic E-state index is 0.0929. The van der Waals surface area contributed by atoms with Crippen LogP contribution in [0.2, 0.25) is 0 Å². The molecule has 0 spiro atoms. The fraction of sp³-hybridized carbons (Fsp3) is 0.273. The number of cyclic esters (lactones) is 2. The smallest absolute Gasteiger partial charge is 0.390 e. The van der Waals surface area contributed by atoms with Crippen LogP contribution in [0.15, 0.2) is 30.3 Å². The molecule has 1 aliphatic heterocycles. The molecule has 2 unspecified atom stereocenters. The first kappa shape index (κ1) is 11.7. The number of carbonyl (C=O) groups excluding carboxylic acids is 2. The van der Waals surface area contributed by atoms with Gasteiger partial charge in [0.2, 0.25) is 0 Å². The van der Waals surface area contributed by atoms with Gasteiger partial charge in [-0.25, -0.2) is 4.79 Å². The topological polar surface area (TPSA) is 69.7 Å². The third-order valence-electron chi connectivity index (χ3n) is 2.30. The summed E-state index contributed by atoms with van der Waals surface area (Å²) in [5.41, 5.74) is -0.858. The van der Waals surface area contributed by atoms with Crippen molar-refractivity contribution in [2.45, 2.75) is 18.5 Å². The second kappa shape index (κ2) is 5.06. The maximum atomic E-state index is 11.8. The van der Waals surface area contributed by atoms with Crippen molar-refractivity contribution in [3.05, 3.63) is 30.3 Å². The Balaban J connectivity index is 2.01. The monoisotopic (exact) mass is 253 g/mol. The molecule has 1 aliphatic rings. The van der Waals surface area contributed by atoms with Crippen LogP contribution in [0.4, 0.5) is 0 Å². The summed E-state index contributed by atoms with van der Waals surface area (Å²) in [7, 11) is -2.21. The molecule has 1 fully saturated rings. The molecule has 6 heteroatoms. The highest BCUT2D eigenvalue weighted by Crippen LogP contribution is 2.36. The quantitative estimate of drug-likeness (QED) is 0.468. The summed E-state index contributed by atoms with van der Waals surface area (Å²) in [6, 6.07) is 8.56. The molecule has 1 aromatic carbocycles. The number of ether oxygens (including phenoxy) is 1. The fourth-order valence-electron chi connectivity index (χ4n) is 1.44. The molecule has 0 N–H and O–H groups in total. The van der Waals surface area contributed by atoms with Crippen LogP contribution in [0.25, 0.3) is 0 Å². The Hall–Kier alpha value is -1.74. The van der Waals surface area contributed by atoms with Crippen molar-refractivity contribution in [3.63, 3.8) is 0 Å². The van der Waals surface area contributed by atoms with E-state index in [1.165, 1.54) is 0 Å². The Morgan fingerprint density at radius 2 is 1.94 bits per heavy atom. The van der Waals surface area contributed by atoms with Crippen LogP contribution in [0.1, 0.15) is 12.8 Å². The SMILES string of the molecule is O=C1CCC([P+](=O)Oc2ccccc2)C(=O)O1. The molecule has 1 aromatic rings. The van der Waals surface area contributed by atoms with E-state index in [0.717, 1.165) is 0 Å². The van der Waals surface area contributed by atoms with Gasteiger partial charge in [-0.1, -0.05) is 18.2 Å². The zero-order chi connectivity index (χ0) is 12.3. The minimum atomic E-state index is -2.21. The summed E-state index contributed by atoms with van der Waals surface area (Å²) in [6.07, 6.45) is 0.301. The Labute approximate surface area is 98.6 Å². The first-order valence-electron chi connectivity index (χ1n) is 5.11. The van der Waals surface area contributed by atoms with Gasteiger partial charge in [-0.3, -0.25) is 9.32 Å². The van der Waals surface area contributed by atoms with Crippen LogP contribution in [0.5, 0.6) is 5.75 Å².